The second kappa shape index (κ2) is 9.82. The van der Waals surface area contributed by atoms with E-state index in [2.05, 4.69) is 54.0 Å². The summed E-state index contributed by atoms with van der Waals surface area (Å²) in [4.78, 5) is 25.2. The molecule has 0 N–H and O–H groups in total. The molecular weight excluding hydrogens is 436 g/mol. The van der Waals surface area contributed by atoms with Gasteiger partial charge in [-0.2, -0.15) is 0 Å². The van der Waals surface area contributed by atoms with Crippen LogP contribution in [0.25, 0.3) is 0 Å². The summed E-state index contributed by atoms with van der Waals surface area (Å²) in [6.45, 7) is 7.37. The molecule has 1 fully saturated rings. The molecule has 1 atom stereocenters. The molecule has 2 heterocycles. The van der Waals surface area contributed by atoms with E-state index in [0.717, 1.165) is 60.4 Å². The van der Waals surface area contributed by atoms with Crippen molar-refractivity contribution in [3.63, 3.8) is 0 Å². The van der Waals surface area contributed by atoms with Gasteiger partial charge >= 0.3 is 0 Å². The predicted molar refractivity (Wildman–Crippen MR) is 142 cm³/mol. The maximum Gasteiger partial charge on any atom is 0.259 e. The zero-order chi connectivity index (χ0) is 24.4. The van der Waals surface area contributed by atoms with E-state index in [9.17, 15) is 4.79 Å². The minimum atomic E-state index is -0.416. The molecule has 2 aliphatic heterocycles. The molecule has 0 aromatic heterocycles. The first-order valence-corrected chi connectivity index (χ1v) is 12.2. The van der Waals surface area contributed by atoms with Crippen molar-refractivity contribution in [3.05, 3.63) is 89.5 Å². The largest absolute Gasteiger partial charge is 0.495 e. The minimum absolute atomic E-state index is 0.0444. The van der Waals surface area contributed by atoms with Gasteiger partial charge < -0.3 is 14.5 Å². The van der Waals surface area contributed by atoms with Gasteiger partial charge in [-0.05, 0) is 43.2 Å². The van der Waals surface area contributed by atoms with Crippen molar-refractivity contribution in [1.29, 1.82) is 0 Å². The molecular formula is C29H32N4O2. The number of piperazine rings is 1. The summed E-state index contributed by atoms with van der Waals surface area (Å²) in [5.74, 6) is 1.69. The molecule has 3 aromatic rings. The van der Waals surface area contributed by atoms with E-state index in [1.807, 2.05) is 47.4 Å². The van der Waals surface area contributed by atoms with Crippen LogP contribution in [0.4, 0.5) is 11.4 Å². The molecule has 0 saturated carbocycles. The van der Waals surface area contributed by atoms with Crippen LogP contribution in [0.5, 0.6) is 5.75 Å². The van der Waals surface area contributed by atoms with Crippen molar-refractivity contribution in [3.8, 4) is 5.75 Å². The van der Waals surface area contributed by atoms with Gasteiger partial charge in [0.15, 0.2) is 0 Å². The SMILES string of the molecule is COc1ccccc1N1CCN(C2=NC(Cc3ccccc3)C(=O)N2c2ccc(C)cc2C)CC1. The first-order valence-electron chi connectivity index (χ1n) is 12.2. The average molecular weight is 469 g/mol. The fourth-order valence-electron chi connectivity index (χ4n) is 5.01. The average Bonchev–Trinajstić information content (AvgIpc) is 3.20. The summed E-state index contributed by atoms with van der Waals surface area (Å²) < 4.78 is 5.58. The van der Waals surface area contributed by atoms with Crippen LogP contribution in [0.2, 0.25) is 0 Å². The van der Waals surface area contributed by atoms with Crippen LogP contribution >= 0.6 is 0 Å². The molecule has 0 spiro atoms. The van der Waals surface area contributed by atoms with E-state index in [1.165, 1.54) is 5.56 Å². The molecule has 0 aliphatic carbocycles. The molecule has 2 aliphatic rings. The lowest BCUT2D eigenvalue weighted by Gasteiger charge is -2.39. The smallest absolute Gasteiger partial charge is 0.259 e. The van der Waals surface area contributed by atoms with E-state index in [-0.39, 0.29) is 5.91 Å². The molecule has 1 amide bonds. The molecule has 35 heavy (non-hydrogen) atoms. The summed E-state index contributed by atoms with van der Waals surface area (Å²) in [7, 11) is 1.71. The Morgan fingerprint density at radius 2 is 1.54 bits per heavy atom. The number of methoxy groups -OCH3 is 1. The molecule has 5 rings (SSSR count). The predicted octanol–water partition coefficient (Wildman–Crippen LogP) is 4.45. The van der Waals surface area contributed by atoms with Crippen LogP contribution in [0.15, 0.2) is 77.8 Å². The summed E-state index contributed by atoms with van der Waals surface area (Å²) >= 11 is 0. The minimum Gasteiger partial charge on any atom is -0.495 e. The van der Waals surface area contributed by atoms with Crippen molar-refractivity contribution in [2.75, 3.05) is 43.1 Å². The first kappa shape index (κ1) is 23.0. The van der Waals surface area contributed by atoms with Crippen molar-refractivity contribution in [2.45, 2.75) is 26.3 Å². The van der Waals surface area contributed by atoms with Crippen molar-refractivity contribution >= 4 is 23.2 Å². The van der Waals surface area contributed by atoms with Gasteiger partial charge in [0.1, 0.15) is 11.8 Å². The number of ether oxygens (including phenoxy) is 1. The van der Waals surface area contributed by atoms with Crippen molar-refractivity contribution < 1.29 is 9.53 Å². The number of carbonyl (C=O) groups excluding carboxylic acids is 1. The number of hydrogen-bond acceptors (Lipinski definition) is 5. The zero-order valence-electron chi connectivity index (χ0n) is 20.6. The lowest BCUT2D eigenvalue weighted by atomic mass is 10.1. The van der Waals surface area contributed by atoms with E-state index in [4.69, 9.17) is 9.73 Å². The third kappa shape index (κ3) is 4.61. The molecule has 1 saturated heterocycles. The third-order valence-corrected chi connectivity index (χ3v) is 6.83. The molecule has 6 nitrogen and oxygen atoms in total. The number of anilines is 2. The number of aryl methyl sites for hydroxylation is 2. The van der Waals surface area contributed by atoms with Crippen molar-refractivity contribution in [2.24, 2.45) is 4.99 Å². The molecule has 1 unspecified atom stereocenters. The lowest BCUT2D eigenvalue weighted by molar-refractivity contribution is -0.118. The highest BCUT2D eigenvalue weighted by Crippen LogP contribution is 2.31. The van der Waals surface area contributed by atoms with E-state index in [1.54, 1.807) is 7.11 Å². The zero-order valence-corrected chi connectivity index (χ0v) is 20.6. The van der Waals surface area contributed by atoms with Crippen LogP contribution in [-0.4, -0.2) is 56.1 Å². The molecule has 0 bridgehead atoms. The van der Waals surface area contributed by atoms with Gasteiger partial charge in [0.05, 0.1) is 18.5 Å². The number of hydrogen-bond donors (Lipinski definition) is 0. The quantitative estimate of drug-likeness (QED) is 0.555. The van der Waals surface area contributed by atoms with E-state index < -0.39 is 6.04 Å². The number of amides is 1. The number of rotatable bonds is 5. The van der Waals surface area contributed by atoms with Gasteiger partial charge in [0.25, 0.3) is 5.91 Å². The van der Waals surface area contributed by atoms with Gasteiger partial charge in [-0.3, -0.25) is 4.79 Å². The molecule has 6 heteroatoms. The highest BCUT2D eigenvalue weighted by Gasteiger charge is 2.39. The van der Waals surface area contributed by atoms with Gasteiger partial charge in [-0.25, -0.2) is 9.89 Å². The molecule has 3 aromatic carbocycles. The lowest BCUT2D eigenvalue weighted by Crippen LogP contribution is -2.53. The standard InChI is InChI=1S/C29H32N4O2/c1-21-13-14-25(22(2)19-21)33-28(34)24(20-23-9-5-4-6-10-23)30-29(33)32-17-15-31(16-18-32)26-11-7-8-12-27(26)35-3/h4-14,19,24H,15-18,20H2,1-3H3. The molecule has 180 valence electrons. The number of benzene rings is 3. The normalized spacial score (nSPS) is 18.1. The topological polar surface area (TPSA) is 48.4 Å². The van der Waals surface area contributed by atoms with Gasteiger partial charge in [0.2, 0.25) is 5.96 Å². The van der Waals surface area contributed by atoms with Gasteiger partial charge in [0, 0.05) is 32.6 Å². The Balaban J connectivity index is 1.42. The maximum atomic E-state index is 13.7. The van der Waals surface area contributed by atoms with E-state index in [0.29, 0.717) is 6.42 Å². The molecule has 0 radical (unpaired) electrons. The Labute approximate surface area is 207 Å². The second-order valence-electron chi connectivity index (χ2n) is 9.24. The summed E-state index contributed by atoms with van der Waals surface area (Å²) in [5, 5.41) is 0. The Kier molecular flexibility index (Phi) is 6.45. The summed E-state index contributed by atoms with van der Waals surface area (Å²) in [5.41, 5.74) is 5.41. The fraction of sp³-hybridized carbons (Fsp3) is 0.310. The first-order chi connectivity index (χ1) is 17.0. The Morgan fingerprint density at radius 3 is 2.26 bits per heavy atom. The number of para-hydroxylation sites is 2. The number of aliphatic imine (C=N–C) groups is 1. The summed E-state index contributed by atoms with van der Waals surface area (Å²) in [6.07, 6.45) is 0.603. The van der Waals surface area contributed by atoms with Crippen molar-refractivity contribution in [1.82, 2.24) is 4.90 Å². The Morgan fingerprint density at radius 1 is 0.857 bits per heavy atom. The van der Waals surface area contributed by atoms with Crippen LogP contribution < -0.4 is 14.5 Å². The number of guanidine groups is 1. The Bertz CT molecular complexity index is 1230. The number of carbonyl (C=O) groups is 1. The summed E-state index contributed by atoms with van der Waals surface area (Å²) in [6, 6.07) is 24.1. The Hall–Kier alpha value is -3.80. The second-order valence-corrected chi connectivity index (χ2v) is 9.24. The highest BCUT2D eigenvalue weighted by atomic mass is 16.5. The van der Waals surface area contributed by atoms with E-state index >= 15 is 0 Å². The highest BCUT2D eigenvalue weighted by molar-refractivity contribution is 6.22. The van der Waals surface area contributed by atoms with Crippen LogP contribution in [0, 0.1) is 13.8 Å². The van der Waals surface area contributed by atoms with Gasteiger partial charge in [-0.1, -0.05) is 60.2 Å². The van der Waals surface area contributed by atoms with Crippen LogP contribution in [-0.2, 0) is 11.2 Å². The maximum absolute atomic E-state index is 13.7. The van der Waals surface area contributed by atoms with Crippen LogP contribution in [0.3, 0.4) is 0 Å². The number of nitrogens with zero attached hydrogens (tertiary/aromatic N) is 4. The van der Waals surface area contributed by atoms with Gasteiger partial charge in [-0.15, -0.1) is 0 Å². The third-order valence-electron chi connectivity index (χ3n) is 6.83. The van der Waals surface area contributed by atoms with Crippen LogP contribution in [0.1, 0.15) is 16.7 Å². The fourth-order valence-corrected chi connectivity index (χ4v) is 5.01. The monoisotopic (exact) mass is 468 g/mol.